The molecule has 0 heterocycles. The van der Waals surface area contributed by atoms with Gasteiger partial charge in [-0.25, -0.2) is 4.79 Å². The molecule has 0 saturated heterocycles. The van der Waals surface area contributed by atoms with Crippen LogP contribution in [0.2, 0.25) is 10.0 Å². The van der Waals surface area contributed by atoms with Gasteiger partial charge >= 0.3 is 6.03 Å². The first-order valence-corrected chi connectivity index (χ1v) is 6.61. The number of carbonyl (C=O) groups excluding carboxylic acids is 1. The average Bonchev–Trinajstić information content (AvgIpc) is 2.38. The Kier molecular flexibility index (Phi) is 4.37. The lowest BCUT2D eigenvalue weighted by Gasteiger charge is -2.12. The second kappa shape index (κ2) is 6.03. The maximum absolute atomic E-state index is 11.9. The van der Waals surface area contributed by atoms with Gasteiger partial charge in [-0.2, -0.15) is 0 Å². The summed E-state index contributed by atoms with van der Waals surface area (Å²) in [5.41, 5.74) is 8.35. The van der Waals surface area contributed by atoms with Gasteiger partial charge in [-0.05, 0) is 36.8 Å². The Morgan fingerprint density at radius 1 is 1.10 bits per heavy atom. The Balaban J connectivity index is 2.11. The van der Waals surface area contributed by atoms with Gasteiger partial charge in [0.1, 0.15) is 0 Å². The summed E-state index contributed by atoms with van der Waals surface area (Å²) in [6, 6.07) is 9.87. The molecular weight excluding hydrogens is 297 g/mol. The Morgan fingerprint density at radius 3 is 2.50 bits per heavy atom. The first-order valence-electron chi connectivity index (χ1n) is 5.85. The Morgan fingerprint density at radius 2 is 1.85 bits per heavy atom. The van der Waals surface area contributed by atoms with Gasteiger partial charge in [0, 0.05) is 5.69 Å². The van der Waals surface area contributed by atoms with Crippen molar-refractivity contribution >= 4 is 46.3 Å². The highest BCUT2D eigenvalue weighted by Gasteiger charge is 2.08. The van der Waals surface area contributed by atoms with Crippen molar-refractivity contribution in [2.24, 2.45) is 0 Å². The van der Waals surface area contributed by atoms with Crippen LogP contribution in [0, 0.1) is 6.92 Å². The molecule has 0 atom stereocenters. The summed E-state index contributed by atoms with van der Waals surface area (Å²) in [5.74, 6) is 0. The Bertz CT molecular complexity index is 639. The molecule has 4 nitrogen and oxygen atoms in total. The van der Waals surface area contributed by atoms with Crippen molar-refractivity contribution in [2.45, 2.75) is 6.92 Å². The fourth-order valence-electron chi connectivity index (χ4n) is 1.71. The molecule has 0 saturated carbocycles. The van der Waals surface area contributed by atoms with E-state index in [4.69, 9.17) is 28.9 Å². The van der Waals surface area contributed by atoms with E-state index in [0.29, 0.717) is 27.1 Å². The number of carbonyl (C=O) groups is 1. The van der Waals surface area contributed by atoms with Crippen molar-refractivity contribution in [3.63, 3.8) is 0 Å². The van der Waals surface area contributed by atoms with Gasteiger partial charge in [-0.3, -0.25) is 0 Å². The van der Waals surface area contributed by atoms with Crippen LogP contribution in [0.5, 0.6) is 0 Å². The summed E-state index contributed by atoms with van der Waals surface area (Å²) in [5, 5.41) is 6.18. The fourth-order valence-corrected chi connectivity index (χ4v) is 2.01. The van der Waals surface area contributed by atoms with Crippen LogP contribution >= 0.6 is 23.2 Å². The normalized spacial score (nSPS) is 10.2. The highest BCUT2D eigenvalue weighted by Crippen LogP contribution is 2.26. The molecule has 104 valence electrons. The van der Waals surface area contributed by atoms with Crippen molar-refractivity contribution in [3.05, 3.63) is 52.0 Å². The summed E-state index contributed by atoms with van der Waals surface area (Å²) < 4.78 is 0. The van der Waals surface area contributed by atoms with E-state index in [1.807, 2.05) is 19.1 Å². The molecular formula is C14H13Cl2N3O. The summed E-state index contributed by atoms with van der Waals surface area (Å²) >= 11 is 11.7. The first kappa shape index (κ1) is 14.5. The topological polar surface area (TPSA) is 67.1 Å². The van der Waals surface area contributed by atoms with Gasteiger partial charge < -0.3 is 16.4 Å². The molecule has 2 amide bonds. The molecule has 4 N–H and O–H groups in total. The largest absolute Gasteiger partial charge is 0.397 e. The van der Waals surface area contributed by atoms with E-state index in [1.165, 1.54) is 0 Å². The number of halogens is 2. The quantitative estimate of drug-likeness (QED) is 0.713. The zero-order valence-electron chi connectivity index (χ0n) is 10.7. The molecule has 20 heavy (non-hydrogen) atoms. The number of hydrogen-bond acceptors (Lipinski definition) is 2. The smallest absolute Gasteiger partial charge is 0.323 e. The van der Waals surface area contributed by atoms with E-state index in [2.05, 4.69) is 10.6 Å². The van der Waals surface area contributed by atoms with E-state index >= 15 is 0 Å². The number of urea groups is 1. The molecule has 0 aliphatic heterocycles. The minimum absolute atomic E-state index is 0.375. The Hall–Kier alpha value is -1.91. The molecule has 0 bridgehead atoms. The maximum Gasteiger partial charge on any atom is 0.323 e. The number of hydrogen-bond donors (Lipinski definition) is 3. The highest BCUT2D eigenvalue weighted by molar-refractivity contribution is 6.42. The molecule has 0 fully saturated rings. The number of amides is 2. The van der Waals surface area contributed by atoms with Crippen LogP contribution in [0.15, 0.2) is 36.4 Å². The van der Waals surface area contributed by atoms with Crippen molar-refractivity contribution in [3.8, 4) is 0 Å². The molecule has 6 heteroatoms. The number of aryl methyl sites for hydroxylation is 1. The predicted octanol–water partition coefficient (Wildman–Crippen LogP) is 4.53. The maximum atomic E-state index is 11.9. The minimum Gasteiger partial charge on any atom is -0.397 e. The van der Waals surface area contributed by atoms with Crippen molar-refractivity contribution in [1.29, 1.82) is 0 Å². The molecule has 0 aromatic heterocycles. The summed E-state index contributed by atoms with van der Waals surface area (Å²) in [7, 11) is 0. The number of nitrogens with two attached hydrogens (primary N) is 1. The number of benzene rings is 2. The standard InChI is InChI=1S/C14H13Cl2N3O/c1-8-3-2-4-12(17)13(8)19-14(20)18-9-5-6-10(15)11(16)7-9/h2-7H,17H2,1H3,(H2,18,19,20). The highest BCUT2D eigenvalue weighted by atomic mass is 35.5. The minimum atomic E-state index is -0.399. The molecule has 0 unspecified atom stereocenters. The molecule has 0 aliphatic rings. The van der Waals surface area contributed by atoms with E-state index in [-0.39, 0.29) is 0 Å². The van der Waals surface area contributed by atoms with E-state index < -0.39 is 6.03 Å². The van der Waals surface area contributed by atoms with Gasteiger partial charge in [-0.15, -0.1) is 0 Å². The molecule has 2 aromatic carbocycles. The third-order valence-electron chi connectivity index (χ3n) is 2.72. The van der Waals surface area contributed by atoms with Crippen LogP contribution in [0.25, 0.3) is 0 Å². The summed E-state index contributed by atoms with van der Waals surface area (Å²) in [4.78, 5) is 11.9. The number of nitrogen functional groups attached to an aromatic ring is 1. The molecule has 2 aromatic rings. The second-order valence-corrected chi connectivity index (χ2v) is 5.06. The van der Waals surface area contributed by atoms with E-state index in [0.717, 1.165) is 5.56 Å². The van der Waals surface area contributed by atoms with Gasteiger partial charge in [-0.1, -0.05) is 35.3 Å². The Labute approximate surface area is 126 Å². The van der Waals surface area contributed by atoms with Gasteiger partial charge in [0.2, 0.25) is 0 Å². The second-order valence-electron chi connectivity index (χ2n) is 4.25. The van der Waals surface area contributed by atoms with Gasteiger partial charge in [0.15, 0.2) is 0 Å². The number of nitrogens with one attached hydrogen (secondary N) is 2. The van der Waals surface area contributed by atoms with E-state index in [1.54, 1.807) is 24.3 Å². The third-order valence-corrected chi connectivity index (χ3v) is 3.46. The number of anilines is 3. The van der Waals surface area contributed by atoms with Crippen LogP contribution < -0.4 is 16.4 Å². The third kappa shape index (κ3) is 3.35. The number of para-hydroxylation sites is 1. The monoisotopic (exact) mass is 309 g/mol. The summed E-state index contributed by atoms with van der Waals surface area (Å²) in [6.45, 7) is 1.87. The van der Waals surface area contributed by atoms with Crippen LogP contribution in [0.1, 0.15) is 5.56 Å². The molecule has 2 rings (SSSR count). The van der Waals surface area contributed by atoms with Gasteiger partial charge in [0.25, 0.3) is 0 Å². The average molecular weight is 310 g/mol. The van der Waals surface area contributed by atoms with Crippen LogP contribution in [0.4, 0.5) is 21.9 Å². The van der Waals surface area contributed by atoms with Crippen molar-refractivity contribution < 1.29 is 4.79 Å². The fraction of sp³-hybridized carbons (Fsp3) is 0.0714. The van der Waals surface area contributed by atoms with Crippen molar-refractivity contribution in [2.75, 3.05) is 16.4 Å². The van der Waals surface area contributed by atoms with Crippen LogP contribution in [0.3, 0.4) is 0 Å². The zero-order chi connectivity index (χ0) is 14.7. The van der Waals surface area contributed by atoms with E-state index in [9.17, 15) is 4.79 Å². The van der Waals surface area contributed by atoms with Crippen LogP contribution in [-0.4, -0.2) is 6.03 Å². The molecule has 0 aliphatic carbocycles. The lowest BCUT2D eigenvalue weighted by Crippen LogP contribution is -2.20. The first-order chi connectivity index (χ1) is 9.47. The lowest BCUT2D eigenvalue weighted by molar-refractivity contribution is 0.262. The molecule has 0 spiro atoms. The molecule has 0 radical (unpaired) electrons. The van der Waals surface area contributed by atoms with Crippen LogP contribution in [-0.2, 0) is 0 Å². The van der Waals surface area contributed by atoms with Gasteiger partial charge in [0.05, 0.1) is 21.4 Å². The zero-order valence-corrected chi connectivity index (χ0v) is 12.2. The summed E-state index contributed by atoms with van der Waals surface area (Å²) in [6.07, 6.45) is 0. The lowest BCUT2D eigenvalue weighted by atomic mass is 10.2. The predicted molar refractivity (Wildman–Crippen MR) is 84.7 cm³/mol. The number of rotatable bonds is 2. The SMILES string of the molecule is Cc1cccc(N)c1NC(=O)Nc1ccc(Cl)c(Cl)c1. The van der Waals surface area contributed by atoms with Crippen molar-refractivity contribution in [1.82, 2.24) is 0 Å².